The Morgan fingerprint density at radius 3 is 2.28 bits per heavy atom. The Kier molecular flexibility index (Phi) is 8.67. The smallest absolute Gasteiger partial charge is 0.335 e. The number of nitrogens with zero attached hydrogens (tertiary/aromatic N) is 2. The van der Waals surface area contributed by atoms with E-state index in [-0.39, 0.29) is 23.4 Å². The molecule has 2 aromatic rings. The first kappa shape index (κ1) is 24.5. The van der Waals surface area contributed by atoms with Crippen LogP contribution in [0.2, 0.25) is 0 Å². The predicted molar refractivity (Wildman–Crippen MR) is 108 cm³/mol. The average molecular weight is 408 g/mol. The molecule has 0 saturated heterocycles. The standard InChI is InChI=1S/C20H24F2N2O3.C2H6/c1-6-7-14-8-10-15(11-9-14)20(21,22)18-23-16(27-24-18)12-13(2)17(25)26-19(3,4)5;1-2/h8-11H,2,6-7,12H2,1,3-5H3;1-2H3. The van der Waals surface area contributed by atoms with Crippen LogP contribution in [-0.2, 0) is 28.3 Å². The first-order valence-electron chi connectivity index (χ1n) is 9.74. The van der Waals surface area contributed by atoms with E-state index in [9.17, 15) is 13.6 Å². The first-order chi connectivity index (χ1) is 13.5. The van der Waals surface area contributed by atoms with Gasteiger partial charge in [-0.1, -0.05) is 63.2 Å². The SMILES string of the molecule is C=C(Cc1nc(C(F)(F)c2ccc(CCC)cc2)no1)C(=O)OC(C)(C)C.CC. The van der Waals surface area contributed by atoms with Gasteiger partial charge in [-0.15, -0.1) is 0 Å². The van der Waals surface area contributed by atoms with Gasteiger partial charge in [0.15, 0.2) is 0 Å². The van der Waals surface area contributed by atoms with Crippen LogP contribution in [0.3, 0.4) is 0 Å². The number of benzene rings is 1. The summed E-state index contributed by atoms with van der Waals surface area (Å²) < 4.78 is 39.3. The molecule has 0 aliphatic carbocycles. The molecule has 0 N–H and O–H groups in total. The molecule has 0 bridgehead atoms. The Morgan fingerprint density at radius 2 is 1.76 bits per heavy atom. The molecule has 1 heterocycles. The fourth-order valence-corrected chi connectivity index (χ4v) is 2.36. The van der Waals surface area contributed by atoms with Gasteiger partial charge < -0.3 is 9.26 Å². The van der Waals surface area contributed by atoms with Crippen LogP contribution in [0.1, 0.15) is 70.8 Å². The summed E-state index contributed by atoms with van der Waals surface area (Å²) in [6, 6.07) is 6.05. The van der Waals surface area contributed by atoms with E-state index in [1.54, 1.807) is 32.9 Å². The Balaban J connectivity index is 0.00000204. The van der Waals surface area contributed by atoms with Gasteiger partial charge in [0.2, 0.25) is 11.7 Å². The number of hydrogen-bond donors (Lipinski definition) is 0. The molecule has 0 aliphatic rings. The lowest BCUT2D eigenvalue weighted by molar-refractivity contribution is -0.150. The van der Waals surface area contributed by atoms with Gasteiger partial charge in [-0.2, -0.15) is 13.8 Å². The molecule has 0 unspecified atom stereocenters. The molecule has 5 nitrogen and oxygen atoms in total. The Hall–Kier alpha value is -2.57. The zero-order valence-electron chi connectivity index (χ0n) is 18.0. The zero-order valence-corrected chi connectivity index (χ0v) is 18.0. The number of esters is 1. The number of carbonyl (C=O) groups excluding carboxylic acids is 1. The minimum absolute atomic E-state index is 0.0485. The molecule has 0 atom stereocenters. The van der Waals surface area contributed by atoms with Crippen LogP contribution in [0.15, 0.2) is 40.9 Å². The van der Waals surface area contributed by atoms with Crippen molar-refractivity contribution in [2.24, 2.45) is 0 Å². The second-order valence-corrected chi connectivity index (χ2v) is 7.32. The van der Waals surface area contributed by atoms with E-state index in [4.69, 9.17) is 9.26 Å². The van der Waals surface area contributed by atoms with Crippen molar-refractivity contribution in [1.29, 1.82) is 0 Å². The van der Waals surface area contributed by atoms with Crippen molar-refractivity contribution in [3.8, 4) is 0 Å². The Bertz CT molecular complexity index is 806. The number of alkyl halides is 2. The van der Waals surface area contributed by atoms with Gasteiger partial charge in [0.25, 0.3) is 0 Å². The second-order valence-electron chi connectivity index (χ2n) is 7.32. The van der Waals surface area contributed by atoms with E-state index in [0.29, 0.717) is 0 Å². The summed E-state index contributed by atoms with van der Waals surface area (Å²) in [6.45, 7) is 14.8. The van der Waals surface area contributed by atoms with Crippen LogP contribution in [0, 0.1) is 0 Å². The fraction of sp³-hybridized carbons (Fsp3) is 0.500. The van der Waals surface area contributed by atoms with Crippen molar-refractivity contribution < 1.29 is 22.8 Å². The number of aryl methyl sites for hydroxylation is 1. The highest BCUT2D eigenvalue weighted by Crippen LogP contribution is 2.34. The third-order valence-electron chi connectivity index (χ3n) is 3.66. The van der Waals surface area contributed by atoms with Gasteiger partial charge in [0.1, 0.15) is 5.60 Å². The van der Waals surface area contributed by atoms with Crippen LogP contribution in [0.5, 0.6) is 0 Å². The van der Waals surface area contributed by atoms with E-state index in [0.717, 1.165) is 18.4 Å². The number of halogens is 2. The van der Waals surface area contributed by atoms with Crippen LogP contribution >= 0.6 is 0 Å². The summed E-state index contributed by atoms with van der Waals surface area (Å²) >= 11 is 0. The van der Waals surface area contributed by atoms with E-state index in [1.165, 1.54) is 12.1 Å². The minimum atomic E-state index is -3.40. The molecule has 0 fully saturated rings. The largest absolute Gasteiger partial charge is 0.457 e. The summed E-state index contributed by atoms with van der Waals surface area (Å²) in [5.41, 5.74) is 0.129. The summed E-state index contributed by atoms with van der Waals surface area (Å²) in [7, 11) is 0. The maximum Gasteiger partial charge on any atom is 0.335 e. The number of aromatic nitrogens is 2. The van der Waals surface area contributed by atoms with Crippen LogP contribution < -0.4 is 0 Å². The molecule has 2 rings (SSSR count). The van der Waals surface area contributed by atoms with Gasteiger partial charge in [-0.05, 0) is 32.8 Å². The lowest BCUT2D eigenvalue weighted by Crippen LogP contribution is -2.25. The molecular formula is C22H30F2N2O3. The molecule has 29 heavy (non-hydrogen) atoms. The maximum absolute atomic E-state index is 14.6. The van der Waals surface area contributed by atoms with Crippen molar-refractivity contribution in [3.05, 3.63) is 59.3 Å². The predicted octanol–water partition coefficient (Wildman–Crippen LogP) is 5.63. The molecule has 1 aromatic heterocycles. The molecule has 0 amide bonds. The van der Waals surface area contributed by atoms with E-state index in [2.05, 4.69) is 16.7 Å². The first-order valence-corrected chi connectivity index (χ1v) is 9.74. The molecule has 0 spiro atoms. The number of ether oxygens (including phenoxy) is 1. The molecule has 0 saturated carbocycles. The molecule has 7 heteroatoms. The lowest BCUT2D eigenvalue weighted by Gasteiger charge is -2.19. The fourth-order valence-electron chi connectivity index (χ4n) is 2.36. The van der Waals surface area contributed by atoms with Crippen molar-refractivity contribution >= 4 is 5.97 Å². The van der Waals surface area contributed by atoms with Gasteiger partial charge >= 0.3 is 11.9 Å². The van der Waals surface area contributed by atoms with Crippen LogP contribution in [0.4, 0.5) is 8.78 Å². The zero-order chi connectivity index (χ0) is 22.2. The highest BCUT2D eigenvalue weighted by Gasteiger charge is 2.39. The highest BCUT2D eigenvalue weighted by molar-refractivity contribution is 5.88. The molecule has 1 aromatic carbocycles. The average Bonchev–Trinajstić information content (AvgIpc) is 3.12. The summed E-state index contributed by atoms with van der Waals surface area (Å²) in [4.78, 5) is 15.7. The maximum atomic E-state index is 14.6. The molecule has 0 radical (unpaired) electrons. The summed E-state index contributed by atoms with van der Waals surface area (Å²) in [5, 5.41) is 3.38. The summed E-state index contributed by atoms with van der Waals surface area (Å²) in [6.07, 6.45) is 1.60. The second kappa shape index (κ2) is 10.3. The molecular weight excluding hydrogens is 378 g/mol. The van der Waals surface area contributed by atoms with Crippen LogP contribution in [0.25, 0.3) is 0 Å². The van der Waals surface area contributed by atoms with Crippen LogP contribution in [-0.4, -0.2) is 21.7 Å². The monoisotopic (exact) mass is 408 g/mol. The molecule has 0 aliphatic heterocycles. The van der Waals surface area contributed by atoms with E-state index in [1.807, 2.05) is 20.8 Å². The topological polar surface area (TPSA) is 65.2 Å². The third kappa shape index (κ3) is 7.07. The van der Waals surface area contributed by atoms with E-state index >= 15 is 0 Å². The van der Waals surface area contributed by atoms with Gasteiger partial charge in [-0.25, -0.2) is 4.79 Å². The Morgan fingerprint density at radius 1 is 1.17 bits per heavy atom. The van der Waals surface area contributed by atoms with E-state index < -0.39 is 23.3 Å². The van der Waals surface area contributed by atoms with Gasteiger partial charge in [0, 0.05) is 11.1 Å². The highest BCUT2D eigenvalue weighted by atomic mass is 19.3. The summed E-state index contributed by atoms with van der Waals surface area (Å²) in [5.74, 6) is -4.92. The number of rotatable bonds is 7. The quantitative estimate of drug-likeness (QED) is 0.439. The normalized spacial score (nSPS) is 11.4. The number of hydrogen-bond acceptors (Lipinski definition) is 5. The van der Waals surface area contributed by atoms with Crippen molar-refractivity contribution in [3.63, 3.8) is 0 Å². The van der Waals surface area contributed by atoms with Gasteiger partial charge in [0.05, 0.1) is 6.42 Å². The Labute approximate surface area is 171 Å². The van der Waals surface area contributed by atoms with Crippen molar-refractivity contribution in [1.82, 2.24) is 10.1 Å². The third-order valence-corrected chi connectivity index (χ3v) is 3.66. The lowest BCUT2D eigenvalue weighted by atomic mass is 10.0. The van der Waals surface area contributed by atoms with Crippen molar-refractivity contribution in [2.75, 3.05) is 0 Å². The number of carbonyl (C=O) groups is 1. The molecule has 160 valence electrons. The van der Waals surface area contributed by atoms with Crippen molar-refractivity contribution in [2.45, 2.75) is 72.3 Å². The van der Waals surface area contributed by atoms with Gasteiger partial charge in [-0.3, -0.25) is 0 Å². The minimum Gasteiger partial charge on any atom is -0.457 e.